The summed E-state index contributed by atoms with van der Waals surface area (Å²) in [7, 11) is 0. The van der Waals surface area contributed by atoms with Gasteiger partial charge in [-0.3, -0.25) is 0 Å². The molecule has 1 heterocycles. The number of hydrogen-bond acceptors (Lipinski definition) is 3. The van der Waals surface area contributed by atoms with Crippen molar-refractivity contribution in [3.63, 3.8) is 0 Å². The number of cyclic esters (lactones) is 1. The molecule has 0 aromatic carbocycles. The normalized spacial score (nSPS) is 37.5. The maximum absolute atomic E-state index is 11.4. The van der Waals surface area contributed by atoms with Crippen LogP contribution in [0.15, 0.2) is 12.3 Å². The van der Waals surface area contributed by atoms with Gasteiger partial charge in [0.1, 0.15) is 0 Å². The molecule has 1 aliphatic carbocycles. The molecule has 4 atom stereocenters. The van der Waals surface area contributed by atoms with E-state index in [1.54, 1.807) is 6.08 Å². The molecule has 1 fully saturated rings. The third-order valence-corrected chi connectivity index (χ3v) is 3.95. The highest BCUT2D eigenvalue weighted by Gasteiger charge is 2.35. The number of hydrogen-bond donors (Lipinski definition) is 0. The maximum atomic E-state index is 11.4. The first-order valence-corrected chi connectivity index (χ1v) is 6.60. The largest absolute Gasteiger partial charge is 0.433 e. The highest BCUT2D eigenvalue weighted by Crippen LogP contribution is 2.36. The molecule has 3 heteroatoms. The Balaban J connectivity index is 1.99. The summed E-state index contributed by atoms with van der Waals surface area (Å²) < 4.78 is 10.7. The Bertz CT molecular complexity index is 309. The summed E-state index contributed by atoms with van der Waals surface area (Å²) in [6, 6.07) is 0. The Kier molecular flexibility index (Phi) is 3.87. The van der Waals surface area contributed by atoms with Crippen molar-refractivity contribution in [2.45, 2.75) is 52.2 Å². The Hall–Kier alpha value is -0.830. The molecule has 3 nitrogen and oxygen atoms in total. The Morgan fingerprint density at radius 3 is 2.76 bits per heavy atom. The van der Waals surface area contributed by atoms with E-state index in [0.29, 0.717) is 17.8 Å². The minimum Gasteiger partial charge on any atom is -0.433 e. The summed E-state index contributed by atoms with van der Waals surface area (Å²) >= 11 is 0. The van der Waals surface area contributed by atoms with Crippen molar-refractivity contribution >= 4 is 5.97 Å². The fraction of sp³-hybridized carbons (Fsp3) is 0.786. The fourth-order valence-electron chi connectivity index (χ4n) is 2.88. The van der Waals surface area contributed by atoms with Gasteiger partial charge in [-0.2, -0.15) is 0 Å². The molecule has 0 amide bonds. The van der Waals surface area contributed by atoms with Gasteiger partial charge in [-0.1, -0.05) is 27.2 Å². The predicted octanol–water partition coefficient (Wildman–Crippen LogP) is 2.90. The van der Waals surface area contributed by atoms with E-state index in [-0.39, 0.29) is 12.1 Å². The quantitative estimate of drug-likeness (QED) is 0.709. The summed E-state index contributed by atoms with van der Waals surface area (Å²) in [6.45, 7) is 6.73. The van der Waals surface area contributed by atoms with Crippen LogP contribution in [0.4, 0.5) is 0 Å². The Labute approximate surface area is 103 Å². The summed E-state index contributed by atoms with van der Waals surface area (Å²) in [5, 5.41) is 0. The summed E-state index contributed by atoms with van der Waals surface area (Å²) in [6.07, 6.45) is 6.39. The highest BCUT2D eigenvalue weighted by atomic mass is 16.6. The molecule has 4 unspecified atom stereocenters. The molecule has 1 aliphatic heterocycles. The molecule has 0 bridgehead atoms. The van der Waals surface area contributed by atoms with Gasteiger partial charge in [-0.25, -0.2) is 4.79 Å². The Morgan fingerprint density at radius 1 is 1.41 bits per heavy atom. The van der Waals surface area contributed by atoms with Gasteiger partial charge in [0, 0.05) is 0 Å². The van der Waals surface area contributed by atoms with Crippen molar-refractivity contribution in [3.8, 4) is 0 Å². The average molecular weight is 238 g/mol. The third kappa shape index (κ3) is 2.89. The third-order valence-electron chi connectivity index (χ3n) is 3.95. The second-order valence-corrected chi connectivity index (χ2v) is 5.69. The van der Waals surface area contributed by atoms with Gasteiger partial charge in [0.25, 0.3) is 0 Å². The fourth-order valence-corrected chi connectivity index (χ4v) is 2.88. The monoisotopic (exact) mass is 238 g/mol. The predicted molar refractivity (Wildman–Crippen MR) is 65.2 cm³/mol. The van der Waals surface area contributed by atoms with E-state index in [0.717, 1.165) is 6.42 Å². The molecular weight excluding hydrogens is 216 g/mol. The van der Waals surface area contributed by atoms with Crippen LogP contribution in [0.25, 0.3) is 0 Å². The van der Waals surface area contributed by atoms with Crippen molar-refractivity contribution in [1.29, 1.82) is 0 Å². The van der Waals surface area contributed by atoms with Crippen molar-refractivity contribution in [3.05, 3.63) is 12.3 Å². The molecule has 2 rings (SSSR count). The minimum atomic E-state index is -0.480. The van der Waals surface area contributed by atoms with Gasteiger partial charge in [0.15, 0.2) is 6.10 Å². The molecule has 0 aromatic heterocycles. The standard InChI is InChI=1S/C14H22O3/c1-9(2)11-5-4-10(3)8-13(11)17-12-6-7-16-14(12)15/h6-7,9-13H,4-5,8H2,1-3H3. The van der Waals surface area contributed by atoms with E-state index in [4.69, 9.17) is 9.47 Å². The maximum Gasteiger partial charge on any atom is 0.344 e. The SMILES string of the molecule is CC1CCC(C(C)C)C(OC2C=COC2=O)C1. The smallest absolute Gasteiger partial charge is 0.344 e. The van der Waals surface area contributed by atoms with E-state index >= 15 is 0 Å². The summed E-state index contributed by atoms with van der Waals surface area (Å²) in [5.74, 6) is 1.59. The van der Waals surface area contributed by atoms with Crippen molar-refractivity contribution in [1.82, 2.24) is 0 Å². The Morgan fingerprint density at radius 2 is 2.18 bits per heavy atom. The number of carbonyl (C=O) groups is 1. The van der Waals surface area contributed by atoms with E-state index < -0.39 is 6.10 Å². The van der Waals surface area contributed by atoms with Crippen LogP contribution in [-0.4, -0.2) is 18.2 Å². The first-order chi connectivity index (χ1) is 8.08. The lowest BCUT2D eigenvalue weighted by Crippen LogP contribution is -2.38. The molecule has 96 valence electrons. The van der Waals surface area contributed by atoms with Gasteiger partial charge >= 0.3 is 5.97 Å². The van der Waals surface area contributed by atoms with Crippen LogP contribution in [0, 0.1) is 17.8 Å². The highest BCUT2D eigenvalue weighted by molar-refractivity contribution is 5.79. The van der Waals surface area contributed by atoms with E-state index in [1.165, 1.54) is 19.1 Å². The second-order valence-electron chi connectivity index (χ2n) is 5.69. The summed E-state index contributed by atoms with van der Waals surface area (Å²) in [5.41, 5.74) is 0. The molecule has 0 aromatic rings. The molecular formula is C14H22O3. The lowest BCUT2D eigenvalue weighted by molar-refractivity contribution is -0.152. The van der Waals surface area contributed by atoms with Crippen LogP contribution in [0.5, 0.6) is 0 Å². The number of esters is 1. The van der Waals surface area contributed by atoms with Gasteiger partial charge in [-0.15, -0.1) is 0 Å². The number of ether oxygens (including phenoxy) is 2. The molecule has 2 aliphatic rings. The van der Waals surface area contributed by atoms with E-state index in [9.17, 15) is 4.79 Å². The lowest BCUT2D eigenvalue weighted by atomic mass is 9.75. The van der Waals surface area contributed by atoms with Gasteiger partial charge < -0.3 is 9.47 Å². The zero-order valence-corrected chi connectivity index (χ0v) is 10.9. The minimum absolute atomic E-state index is 0.194. The number of carbonyl (C=O) groups excluding carboxylic acids is 1. The zero-order chi connectivity index (χ0) is 12.4. The molecule has 1 saturated carbocycles. The van der Waals surface area contributed by atoms with Crippen LogP contribution < -0.4 is 0 Å². The van der Waals surface area contributed by atoms with E-state index in [1.807, 2.05) is 0 Å². The first-order valence-electron chi connectivity index (χ1n) is 6.60. The molecule has 0 spiro atoms. The van der Waals surface area contributed by atoms with Crippen molar-refractivity contribution in [2.24, 2.45) is 17.8 Å². The molecule has 0 radical (unpaired) electrons. The van der Waals surface area contributed by atoms with Crippen LogP contribution in [0.1, 0.15) is 40.0 Å². The van der Waals surface area contributed by atoms with Gasteiger partial charge in [0.05, 0.1) is 12.4 Å². The van der Waals surface area contributed by atoms with Crippen LogP contribution >= 0.6 is 0 Å². The van der Waals surface area contributed by atoms with Crippen LogP contribution in [-0.2, 0) is 14.3 Å². The second kappa shape index (κ2) is 5.21. The number of rotatable bonds is 3. The first kappa shape index (κ1) is 12.6. The van der Waals surface area contributed by atoms with Gasteiger partial charge in [0.2, 0.25) is 0 Å². The van der Waals surface area contributed by atoms with Crippen LogP contribution in [0.3, 0.4) is 0 Å². The lowest BCUT2D eigenvalue weighted by Gasteiger charge is -2.37. The molecule has 17 heavy (non-hydrogen) atoms. The van der Waals surface area contributed by atoms with Gasteiger partial charge in [-0.05, 0) is 36.7 Å². The molecule has 0 N–H and O–H groups in total. The van der Waals surface area contributed by atoms with Crippen molar-refractivity contribution < 1.29 is 14.3 Å². The average Bonchev–Trinajstić information content (AvgIpc) is 2.64. The van der Waals surface area contributed by atoms with Crippen LogP contribution in [0.2, 0.25) is 0 Å². The summed E-state index contributed by atoms with van der Waals surface area (Å²) in [4.78, 5) is 11.4. The topological polar surface area (TPSA) is 35.5 Å². The zero-order valence-electron chi connectivity index (χ0n) is 10.9. The van der Waals surface area contributed by atoms with E-state index in [2.05, 4.69) is 20.8 Å². The van der Waals surface area contributed by atoms with Crippen molar-refractivity contribution in [2.75, 3.05) is 0 Å². The molecule has 0 saturated heterocycles.